The standard InChI is InChI=1S/C13H16ClF2NO2/c1-13(2,8-14)17(3)11(18)9-6-4-5-7-10(9)19-12(15)16/h4-7,12H,8H2,1-3H3. The maximum Gasteiger partial charge on any atom is 0.387 e. The first-order valence-electron chi connectivity index (χ1n) is 5.67. The van der Waals surface area contributed by atoms with E-state index in [0.717, 1.165) is 0 Å². The minimum Gasteiger partial charge on any atom is -0.434 e. The van der Waals surface area contributed by atoms with Gasteiger partial charge in [0.25, 0.3) is 5.91 Å². The molecule has 1 aromatic carbocycles. The van der Waals surface area contributed by atoms with Gasteiger partial charge in [-0.15, -0.1) is 11.6 Å². The molecule has 0 unspecified atom stereocenters. The van der Waals surface area contributed by atoms with E-state index in [0.29, 0.717) is 0 Å². The summed E-state index contributed by atoms with van der Waals surface area (Å²) in [6.07, 6.45) is 0. The van der Waals surface area contributed by atoms with Crippen molar-refractivity contribution < 1.29 is 18.3 Å². The third-order valence-corrected chi connectivity index (χ3v) is 3.53. The fourth-order valence-corrected chi connectivity index (χ4v) is 1.57. The summed E-state index contributed by atoms with van der Waals surface area (Å²) in [6, 6.07) is 5.90. The number of para-hydroxylation sites is 1. The molecule has 0 aliphatic carbocycles. The molecule has 0 N–H and O–H groups in total. The predicted molar refractivity (Wildman–Crippen MR) is 70.0 cm³/mol. The minimum atomic E-state index is -2.97. The summed E-state index contributed by atoms with van der Waals surface area (Å²) in [5, 5.41) is 0. The van der Waals surface area contributed by atoms with E-state index < -0.39 is 18.1 Å². The quantitative estimate of drug-likeness (QED) is 0.778. The Hall–Kier alpha value is -1.36. The molecule has 0 aromatic heterocycles. The maximum atomic E-state index is 12.3. The van der Waals surface area contributed by atoms with E-state index in [2.05, 4.69) is 4.74 Å². The van der Waals surface area contributed by atoms with E-state index >= 15 is 0 Å². The molecule has 0 spiro atoms. The van der Waals surface area contributed by atoms with Crippen LogP contribution in [0.25, 0.3) is 0 Å². The Morgan fingerprint density at radius 2 is 2.00 bits per heavy atom. The summed E-state index contributed by atoms with van der Waals surface area (Å²) in [5.41, 5.74) is -0.500. The van der Waals surface area contributed by atoms with Gasteiger partial charge in [0.15, 0.2) is 0 Å². The highest BCUT2D eigenvalue weighted by Crippen LogP contribution is 2.24. The number of rotatable bonds is 5. The van der Waals surface area contributed by atoms with Gasteiger partial charge in [-0.05, 0) is 26.0 Å². The van der Waals surface area contributed by atoms with Crippen LogP contribution in [-0.2, 0) is 0 Å². The number of nitrogens with zero attached hydrogens (tertiary/aromatic N) is 1. The number of hydrogen-bond acceptors (Lipinski definition) is 2. The molecule has 6 heteroatoms. The first-order chi connectivity index (χ1) is 8.79. The van der Waals surface area contributed by atoms with E-state index in [9.17, 15) is 13.6 Å². The van der Waals surface area contributed by atoms with Crippen molar-refractivity contribution in [2.45, 2.75) is 26.0 Å². The summed E-state index contributed by atoms with van der Waals surface area (Å²) in [7, 11) is 1.57. The molecule has 19 heavy (non-hydrogen) atoms. The Balaban J connectivity index is 3.06. The molecule has 0 saturated heterocycles. The SMILES string of the molecule is CN(C(=O)c1ccccc1OC(F)F)C(C)(C)CCl. The van der Waals surface area contributed by atoms with Crippen molar-refractivity contribution >= 4 is 17.5 Å². The number of carbonyl (C=O) groups excluding carboxylic acids is 1. The highest BCUT2D eigenvalue weighted by atomic mass is 35.5. The smallest absolute Gasteiger partial charge is 0.387 e. The van der Waals surface area contributed by atoms with Crippen LogP contribution < -0.4 is 4.74 Å². The Morgan fingerprint density at radius 3 is 2.53 bits per heavy atom. The van der Waals surface area contributed by atoms with Crippen molar-refractivity contribution in [3.63, 3.8) is 0 Å². The average molecular weight is 292 g/mol. The van der Waals surface area contributed by atoms with Gasteiger partial charge in [-0.25, -0.2) is 0 Å². The van der Waals surface area contributed by atoms with E-state index in [1.807, 2.05) is 0 Å². The lowest BCUT2D eigenvalue weighted by Crippen LogP contribution is -2.46. The summed E-state index contributed by atoms with van der Waals surface area (Å²) in [6.45, 7) is 0.600. The highest BCUT2D eigenvalue weighted by Gasteiger charge is 2.29. The third kappa shape index (κ3) is 3.80. The largest absolute Gasteiger partial charge is 0.434 e. The number of benzene rings is 1. The van der Waals surface area contributed by atoms with E-state index in [-0.39, 0.29) is 17.2 Å². The lowest BCUT2D eigenvalue weighted by molar-refractivity contribution is -0.0503. The van der Waals surface area contributed by atoms with Gasteiger partial charge >= 0.3 is 6.61 Å². The van der Waals surface area contributed by atoms with E-state index in [4.69, 9.17) is 11.6 Å². The zero-order valence-corrected chi connectivity index (χ0v) is 11.7. The first-order valence-corrected chi connectivity index (χ1v) is 6.21. The zero-order valence-electron chi connectivity index (χ0n) is 11.0. The first kappa shape index (κ1) is 15.7. The molecule has 0 aliphatic heterocycles. The van der Waals surface area contributed by atoms with Crippen LogP contribution >= 0.6 is 11.6 Å². The molecule has 0 bridgehead atoms. The lowest BCUT2D eigenvalue weighted by atomic mass is 10.0. The van der Waals surface area contributed by atoms with E-state index in [1.165, 1.54) is 23.1 Å². The molecule has 0 heterocycles. The number of alkyl halides is 3. The molecule has 106 valence electrons. The molecule has 1 rings (SSSR count). The summed E-state index contributed by atoms with van der Waals surface area (Å²) >= 11 is 5.80. The van der Waals surface area contributed by atoms with Crippen molar-refractivity contribution in [1.82, 2.24) is 4.90 Å². The zero-order chi connectivity index (χ0) is 14.6. The van der Waals surface area contributed by atoms with Gasteiger partial charge in [-0.1, -0.05) is 12.1 Å². The average Bonchev–Trinajstić information content (AvgIpc) is 2.37. The molecule has 1 amide bonds. The van der Waals surface area contributed by atoms with Gasteiger partial charge in [-0.3, -0.25) is 4.79 Å². The molecule has 0 aliphatic rings. The lowest BCUT2D eigenvalue weighted by Gasteiger charge is -2.34. The van der Waals surface area contributed by atoms with Crippen LogP contribution in [0.15, 0.2) is 24.3 Å². The highest BCUT2D eigenvalue weighted by molar-refractivity contribution is 6.18. The van der Waals surface area contributed by atoms with Crippen LogP contribution in [0, 0.1) is 0 Å². The Bertz CT molecular complexity index is 452. The minimum absolute atomic E-state index is 0.0866. The van der Waals surface area contributed by atoms with Gasteiger partial charge in [0.1, 0.15) is 5.75 Å². The molecule has 1 aromatic rings. The molecule has 0 saturated carbocycles. The van der Waals surface area contributed by atoms with Crippen molar-refractivity contribution in [2.75, 3.05) is 12.9 Å². The second kappa shape index (κ2) is 6.19. The fraction of sp³-hybridized carbons (Fsp3) is 0.462. The van der Waals surface area contributed by atoms with Gasteiger partial charge in [0.05, 0.1) is 11.1 Å². The van der Waals surface area contributed by atoms with Crippen LogP contribution in [0.3, 0.4) is 0 Å². The van der Waals surface area contributed by atoms with Crippen LogP contribution in [0.2, 0.25) is 0 Å². The topological polar surface area (TPSA) is 29.5 Å². The van der Waals surface area contributed by atoms with Gasteiger partial charge < -0.3 is 9.64 Å². The molecular formula is C13H16ClF2NO2. The Labute approximate surface area is 116 Å². The Kier molecular flexibility index (Phi) is 5.11. The second-order valence-corrected chi connectivity index (χ2v) is 4.95. The third-order valence-electron chi connectivity index (χ3n) is 2.87. The number of ether oxygens (including phenoxy) is 1. The molecule has 3 nitrogen and oxygen atoms in total. The number of hydrogen-bond donors (Lipinski definition) is 0. The normalized spacial score (nSPS) is 11.5. The van der Waals surface area contributed by atoms with Crippen molar-refractivity contribution in [1.29, 1.82) is 0 Å². The second-order valence-electron chi connectivity index (χ2n) is 4.68. The monoisotopic (exact) mass is 291 g/mol. The summed E-state index contributed by atoms with van der Waals surface area (Å²) in [5.74, 6) is -0.325. The van der Waals surface area contributed by atoms with Crippen LogP contribution in [0.4, 0.5) is 8.78 Å². The van der Waals surface area contributed by atoms with Crippen molar-refractivity contribution in [3.8, 4) is 5.75 Å². The molecule has 0 fully saturated rings. The predicted octanol–water partition coefficient (Wildman–Crippen LogP) is 3.38. The van der Waals surface area contributed by atoms with Crippen LogP contribution in [0.1, 0.15) is 24.2 Å². The maximum absolute atomic E-state index is 12.3. The summed E-state index contributed by atoms with van der Waals surface area (Å²) in [4.78, 5) is 13.7. The van der Waals surface area contributed by atoms with Gasteiger partial charge in [-0.2, -0.15) is 8.78 Å². The van der Waals surface area contributed by atoms with Gasteiger partial charge in [0, 0.05) is 12.9 Å². The van der Waals surface area contributed by atoms with Crippen LogP contribution in [-0.4, -0.2) is 35.9 Å². The Morgan fingerprint density at radius 1 is 1.42 bits per heavy atom. The molecule has 0 radical (unpaired) electrons. The van der Waals surface area contributed by atoms with Crippen molar-refractivity contribution in [2.24, 2.45) is 0 Å². The fourth-order valence-electron chi connectivity index (χ4n) is 1.39. The summed E-state index contributed by atoms with van der Waals surface area (Å²) < 4.78 is 28.9. The number of amides is 1. The molecular weight excluding hydrogens is 276 g/mol. The van der Waals surface area contributed by atoms with Crippen LogP contribution in [0.5, 0.6) is 5.75 Å². The number of halogens is 3. The molecule has 0 atom stereocenters. The number of carbonyl (C=O) groups is 1. The van der Waals surface area contributed by atoms with Gasteiger partial charge in [0.2, 0.25) is 0 Å². The van der Waals surface area contributed by atoms with E-state index in [1.54, 1.807) is 27.0 Å². The van der Waals surface area contributed by atoms with Crippen molar-refractivity contribution in [3.05, 3.63) is 29.8 Å².